The molecule has 4 nitrogen and oxygen atoms in total. The van der Waals surface area contributed by atoms with E-state index in [4.69, 9.17) is 14.2 Å². The van der Waals surface area contributed by atoms with Crippen LogP contribution in [0.3, 0.4) is 0 Å². The lowest BCUT2D eigenvalue weighted by molar-refractivity contribution is 0.0666. The molecule has 134 valence electrons. The molecule has 1 heterocycles. The van der Waals surface area contributed by atoms with Crippen molar-refractivity contribution < 1.29 is 14.2 Å². The van der Waals surface area contributed by atoms with Gasteiger partial charge in [-0.2, -0.15) is 0 Å². The van der Waals surface area contributed by atoms with Crippen molar-refractivity contribution in [1.29, 1.82) is 0 Å². The Labute approximate surface area is 150 Å². The molecule has 1 saturated heterocycles. The summed E-state index contributed by atoms with van der Waals surface area (Å²) in [4.78, 5) is 0. The van der Waals surface area contributed by atoms with Gasteiger partial charge in [0.25, 0.3) is 0 Å². The SMILES string of the molecule is COc1cccc(CNCc2cccc(C)c2)c1OCC1CCCO1. The molecule has 4 heteroatoms. The summed E-state index contributed by atoms with van der Waals surface area (Å²) in [5.41, 5.74) is 3.66. The molecule has 1 aliphatic rings. The number of rotatable bonds is 8. The second-order valence-corrected chi connectivity index (χ2v) is 6.49. The molecule has 2 aromatic rings. The largest absolute Gasteiger partial charge is 0.493 e. The molecule has 1 N–H and O–H groups in total. The third-order valence-corrected chi connectivity index (χ3v) is 4.44. The third-order valence-electron chi connectivity index (χ3n) is 4.44. The molecule has 1 unspecified atom stereocenters. The second kappa shape index (κ2) is 8.88. The number of benzene rings is 2. The third kappa shape index (κ3) is 4.97. The molecule has 1 fully saturated rings. The highest BCUT2D eigenvalue weighted by Gasteiger charge is 2.18. The van der Waals surface area contributed by atoms with Crippen LogP contribution in [0.4, 0.5) is 0 Å². The summed E-state index contributed by atoms with van der Waals surface area (Å²) in [7, 11) is 1.68. The molecule has 0 aromatic heterocycles. The minimum atomic E-state index is 0.193. The Morgan fingerprint density at radius 1 is 1.16 bits per heavy atom. The fourth-order valence-electron chi connectivity index (χ4n) is 3.14. The fourth-order valence-corrected chi connectivity index (χ4v) is 3.14. The molecule has 0 amide bonds. The van der Waals surface area contributed by atoms with Crippen LogP contribution >= 0.6 is 0 Å². The van der Waals surface area contributed by atoms with Gasteiger partial charge in [0.15, 0.2) is 11.5 Å². The van der Waals surface area contributed by atoms with E-state index in [1.54, 1.807) is 7.11 Å². The fraction of sp³-hybridized carbons (Fsp3) is 0.429. The van der Waals surface area contributed by atoms with Crippen LogP contribution < -0.4 is 14.8 Å². The predicted molar refractivity (Wildman–Crippen MR) is 99.2 cm³/mol. The van der Waals surface area contributed by atoms with Crippen molar-refractivity contribution in [2.45, 2.75) is 39.0 Å². The molecule has 0 bridgehead atoms. The Kier molecular flexibility index (Phi) is 6.31. The lowest BCUT2D eigenvalue weighted by Gasteiger charge is -2.17. The summed E-state index contributed by atoms with van der Waals surface area (Å²) < 4.78 is 17.2. The zero-order valence-corrected chi connectivity index (χ0v) is 15.1. The topological polar surface area (TPSA) is 39.7 Å². The number of ether oxygens (including phenoxy) is 3. The van der Waals surface area contributed by atoms with Gasteiger partial charge in [-0.1, -0.05) is 42.0 Å². The lowest BCUT2D eigenvalue weighted by atomic mass is 10.1. The summed E-state index contributed by atoms with van der Waals surface area (Å²) in [6.07, 6.45) is 2.37. The van der Waals surface area contributed by atoms with E-state index in [-0.39, 0.29) is 6.10 Å². The second-order valence-electron chi connectivity index (χ2n) is 6.49. The number of hydrogen-bond acceptors (Lipinski definition) is 4. The van der Waals surface area contributed by atoms with Gasteiger partial charge in [-0.05, 0) is 31.4 Å². The average molecular weight is 341 g/mol. The number of hydrogen-bond donors (Lipinski definition) is 1. The van der Waals surface area contributed by atoms with Gasteiger partial charge in [0.2, 0.25) is 0 Å². The molecule has 0 radical (unpaired) electrons. The van der Waals surface area contributed by atoms with E-state index >= 15 is 0 Å². The Morgan fingerprint density at radius 3 is 2.80 bits per heavy atom. The van der Waals surface area contributed by atoms with Gasteiger partial charge < -0.3 is 19.5 Å². The Balaban J connectivity index is 1.62. The molecule has 1 atom stereocenters. The van der Waals surface area contributed by atoms with Gasteiger partial charge in [0, 0.05) is 25.3 Å². The molecule has 0 saturated carbocycles. The van der Waals surface area contributed by atoms with Gasteiger partial charge in [-0.15, -0.1) is 0 Å². The number of methoxy groups -OCH3 is 1. The first kappa shape index (κ1) is 17.8. The normalized spacial score (nSPS) is 16.8. The van der Waals surface area contributed by atoms with Gasteiger partial charge in [-0.3, -0.25) is 0 Å². The van der Waals surface area contributed by atoms with E-state index < -0.39 is 0 Å². The Morgan fingerprint density at radius 2 is 2.04 bits per heavy atom. The summed E-state index contributed by atoms with van der Waals surface area (Å²) >= 11 is 0. The van der Waals surface area contributed by atoms with E-state index in [0.29, 0.717) is 6.61 Å². The zero-order valence-electron chi connectivity index (χ0n) is 15.1. The van der Waals surface area contributed by atoms with Gasteiger partial charge in [0.05, 0.1) is 13.2 Å². The van der Waals surface area contributed by atoms with Crippen molar-refractivity contribution in [3.05, 3.63) is 59.2 Å². The maximum absolute atomic E-state index is 6.07. The lowest BCUT2D eigenvalue weighted by Crippen LogP contribution is -2.19. The number of aryl methyl sites for hydroxylation is 1. The quantitative estimate of drug-likeness (QED) is 0.792. The summed E-state index contributed by atoms with van der Waals surface area (Å²) in [6.45, 7) is 5.08. The van der Waals surface area contributed by atoms with Crippen LogP contribution in [0, 0.1) is 6.92 Å². The molecule has 1 aliphatic heterocycles. The molecule has 0 spiro atoms. The van der Waals surface area contributed by atoms with Crippen molar-refractivity contribution in [3.63, 3.8) is 0 Å². The molecule has 0 aliphatic carbocycles. The highest BCUT2D eigenvalue weighted by atomic mass is 16.5. The van der Waals surface area contributed by atoms with E-state index in [0.717, 1.165) is 49.6 Å². The van der Waals surface area contributed by atoms with Crippen LogP contribution in [-0.4, -0.2) is 26.4 Å². The number of para-hydroxylation sites is 1. The van der Waals surface area contributed by atoms with E-state index in [1.807, 2.05) is 12.1 Å². The Bertz CT molecular complexity index is 681. The predicted octanol–water partition coefficient (Wildman–Crippen LogP) is 3.85. The van der Waals surface area contributed by atoms with Crippen molar-refractivity contribution >= 4 is 0 Å². The first-order chi connectivity index (χ1) is 12.3. The van der Waals surface area contributed by atoms with E-state index in [2.05, 4.69) is 42.6 Å². The monoisotopic (exact) mass is 341 g/mol. The van der Waals surface area contributed by atoms with Crippen LogP contribution in [0.15, 0.2) is 42.5 Å². The summed E-state index contributed by atoms with van der Waals surface area (Å²) in [5, 5.41) is 3.50. The number of nitrogens with one attached hydrogen (secondary N) is 1. The Hall–Kier alpha value is -2.04. The van der Waals surface area contributed by atoms with Crippen LogP contribution in [0.5, 0.6) is 11.5 Å². The van der Waals surface area contributed by atoms with Crippen molar-refractivity contribution in [2.75, 3.05) is 20.3 Å². The van der Waals surface area contributed by atoms with Crippen molar-refractivity contribution in [1.82, 2.24) is 5.32 Å². The highest BCUT2D eigenvalue weighted by molar-refractivity contribution is 5.46. The molecular formula is C21H27NO3. The summed E-state index contributed by atoms with van der Waals surface area (Å²) in [5.74, 6) is 1.59. The smallest absolute Gasteiger partial charge is 0.165 e. The summed E-state index contributed by atoms with van der Waals surface area (Å²) in [6, 6.07) is 14.6. The molecule has 3 rings (SSSR count). The average Bonchev–Trinajstić information content (AvgIpc) is 3.14. The van der Waals surface area contributed by atoms with E-state index in [9.17, 15) is 0 Å². The molecular weight excluding hydrogens is 314 g/mol. The van der Waals surface area contributed by atoms with Crippen LogP contribution in [0.25, 0.3) is 0 Å². The van der Waals surface area contributed by atoms with Crippen molar-refractivity contribution in [2.24, 2.45) is 0 Å². The van der Waals surface area contributed by atoms with E-state index in [1.165, 1.54) is 11.1 Å². The zero-order chi connectivity index (χ0) is 17.5. The van der Waals surface area contributed by atoms with Gasteiger partial charge >= 0.3 is 0 Å². The maximum Gasteiger partial charge on any atom is 0.165 e. The molecule has 2 aromatic carbocycles. The first-order valence-corrected chi connectivity index (χ1v) is 8.93. The van der Waals surface area contributed by atoms with Crippen LogP contribution in [-0.2, 0) is 17.8 Å². The van der Waals surface area contributed by atoms with Crippen molar-refractivity contribution in [3.8, 4) is 11.5 Å². The van der Waals surface area contributed by atoms with Gasteiger partial charge in [0.1, 0.15) is 6.61 Å². The highest BCUT2D eigenvalue weighted by Crippen LogP contribution is 2.31. The van der Waals surface area contributed by atoms with Gasteiger partial charge in [-0.25, -0.2) is 0 Å². The maximum atomic E-state index is 6.07. The minimum Gasteiger partial charge on any atom is -0.493 e. The minimum absolute atomic E-state index is 0.193. The molecule has 25 heavy (non-hydrogen) atoms. The van der Waals surface area contributed by atoms with Crippen LogP contribution in [0.2, 0.25) is 0 Å². The standard InChI is InChI=1S/C21H27NO3/c1-16-6-3-7-17(12-16)13-22-14-18-8-4-10-20(23-2)21(18)25-15-19-9-5-11-24-19/h3-4,6-8,10,12,19,22H,5,9,11,13-15H2,1-2H3. The van der Waals surface area contributed by atoms with Crippen LogP contribution in [0.1, 0.15) is 29.5 Å². The first-order valence-electron chi connectivity index (χ1n) is 8.93.